The fourth-order valence-electron chi connectivity index (χ4n) is 2.33. The first-order valence-corrected chi connectivity index (χ1v) is 9.34. The van der Waals surface area contributed by atoms with Crippen LogP contribution < -0.4 is 5.32 Å². The number of nitrogens with zero attached hydrogens (tertiary/aromatic N) is 1. The number of aryl methyl sites for hydroxylation is 1. The van der Waals surface area contributed by atoms with Crippen LogP contribution in [0.3, 0.4) is 0 Å². The van der Waals surface area contributed by atoms with Gasteiger partial charge in [0.2, 0.25) is 0 Å². The van der Waals surface area contributed by atoms with E-state index in [2.05, 4.69) is 10.3 Å². The van der Waals surface area contributed by atoms with Gasteiger partial charge in [0.15, 0.2) is 5.13 Å². The topological polar surface area (TPSA) is 51.2 Å². The third-order valence-electron chi connectivity index (χ3n) is 3.66. The molecule has 2 aromatic heterocycles. The molecule has 0 fully saturated rings. The molecule has 0 saturated carbocycles. The van der Waals surface area contributed by atoms with Crippen LogP contribution in [-0.2, 0) is 4.74 Å². The molecule has 24 heavy (non-hydrogen) atoms. The Morgan fingerprint density at radius 1 is 1.25 bits per heavy atom. The Morgan fingerprint density at radius 3 is 2.71 bits per heavy atom. The van der Waals surface area contributed by atoms with Crippen molar-refractivity contribution in [3.05, 3.63) is 51.7 Å². The molecule has 0 radical (unpaired) electrons. The first kappa shape index (κ1) is 16.7. The number of esters is 1. The second-order valence-corrected chi connectivity index (χ2v) is 7.32. The number of aromatic nitrogens is 1. The van der Waals surface area contributed by atoms with E-state index in [0.717, 1.165) is 31.8 Å². The van der Waals surface area contributed by atoms with Gasteiger partial charge in [0, 0.05) is 15.8 Å². The molecular formula is C18H18N2O2S2. The van der Waals surface area contributed by atoms with E-state index < -0.39 is 0 Å². The maximum atomic E-state index is 12.2. The standard InChI is InChI=1S/C18H18N2O2S2/c1-4-22-17(21)15-11(2)12(3)24-16(15)20-18-19-14(10-23-18)13-8-6-5-7-9-13/h5-10H,4H2,1-3H3,(H,19,20). The van der Waals surface area contributed by atoms with E-state index in [1.807, 2.05) is 56.5 Å². The molecule has 3 rings (SSSR count). The Kier molecular flexibility index (Phi) is 4.97. The molecule has 1 aromatic carbocycles. The SMILES string of the molecule is CCOC(=O)c1c(Nc2nc(-c3ccccc3)cs2)sc(C)c1C. The van der Waals surface area contributed by atoms with Crippen molar-refractivity contribution < 1.29 is 9.53 Å². The van der Waals surface area contributed by atoms with E-state index in [0.29, 0.717) is 12.2 Å². The summed E-state index contributed by atoms with van der Waals surface area (Å²) in [6.07, 6.45) is 0. The van der Waals surface area contributed by atoms with E-state index >= 15 is 0 Å². The summed E-state index contributed by atoms with van der Waals surface area (Å²) in [5.74, 6) is -0.290. The summed E-state index contributed by atoms with van der Waals surface area (Å²) in [4.78, 5) is 18.0. The number of carbonyl (C=O) groups excluding carboxylic acids is 1. The van der Waals surface area contributed by atoms with E-state index in [1.54, 1.807) is 11.3 Å². The summed E-state index contributed by atoms with van der Waals surface area (Å²) in [5.41, 5.74) is 3.56. The number of rotatable bonds is 5. The number of thiophene rings is 1. The van der Waals surface area contributed by atoms with Crippen molar-refractivity contribution >= 4 is 38.8 Å². The highest BCUT2D eigenvalue weighted by molar-refractivity contribution is 7.18. The van der Waals surface area contributed by atoms with Crippen LogP contribution in [-0.4, -0.2) is 17.6 Å². The van der Waals surface area contributed by atoms with Crippen molar-refractivity contribution in [2.45, 2.75) is 20.8 Å². The zero-order valence-electron chi connectivity index (χ0n) is 13.8. The van der Waals surface area contributed by atoms with Crippen molar-refractivity contribution in [1.29, 1.82) is 0 Å². The number of ether oxygens (including phenoxy) is 1. The van der Waals surface area contributed by atoms with Crippen molar-refractivity contribution in [1.82, 2.24) is 4.98 Å². The summed E-state index contributed by atoms with van der Waals surface area (Å²) in [5, 5.41) is 6.85. The van der Waals surface area contributed by atoms with Gasteiger partial charge in [-0.15, -0.1) is 22.7 Å². The largest absolute Gasteiger partial charge is 0.462 e. The lowest BCUT2D eigenvalue weighted by atomic mass is 10.1. The molecule has 0 saturated heterocycles. The van der Waals surface area contributed by atoms with Crippen molar-refractivity contribution in [2.24, 2.45) is 0 Å². The van der Waals surface area contributed by atoms with Gasteiger partial charge in [-0.05, 0) is 26.3 Å². The van der Waals surface area contributed by atoms with Crippen LogP contribution in [0.4, 0.5) is 10.1 Å². The highest BCUT2D eigenvalue weighted by Gasteiger charge is 2.21. The van der Waals surface area contributed by atoms with E-state index in [1.165, 1.54) is 11.3 Å². The predicted molar refractivity (Wildman–Crippen MR) is 101 cm³/mol. The van der Waals surface area contributed by atoms with Crippen LogP contribution >= 0.6 is 22.7 Å². The monoisotopic (exact) mass is 358 g/mol. The smallest absolute Gasteiger partial charge is 0.341 e. The molecule has 0 aliphatic carbocycles. The van der Waals surface area contributed by atoms with Crippen LogP contribution in [0, 0.1) is 13.8 Å². The maximum absolute atomic E-state index is 12.2. The molecule has 0 unspecified atom stereocenters. The minimum Gasteiger partial charge on any atom is -0.462 e. The molecule has 0 aliphatic rings. The van der Waals surface area contributed by atoms with Crippen LogP contribution in [0.5, 0.6) is 0 Å². The second-order valence-electron chi connectivity index (χ2n) is 5.24. The molecule has 124 valence electrons. The molecular weight excluding hydrogens is 340 g/mol. The van der Waals surface area contributed by atoms with Crippen LogP contribution in [0.2, 0.25) is 0 Å². The Bertz CT molecular complexity index is 853. The fraction of sp³-hybridized carbons (Fsp3) is 0.222. The first-order valence-electron chi connectivity index (χ1n) is 7.65. The number of benzene rings is 1. The van der Waals surface area contributed by atoms with Gasteiger partial charge in [-0.25, -0.2) is 9.78 Å². The van der Waals surface area contributed by atoms with Gasteiger partial charge < -0.3 is 10.1 Å². The van der Waals surface area contributed by atoms with Gasteiger partial charge in [0.1, 0.15) is 5.00 Å². The number of thiazole rings is 1. The summed E-state index contributed by atoms with van der Waals surface area (Å²) < 4.78 is 5.19. The fourth-order valence-corrected chi connectivity index (χ4v) is 4.17. The average Bonchev–Trinajstić information content (AvgIpc) is 3.14. The van der Waals surface area contributed by atoms with E-state index in [4.69, 9.17) is 4.74 Å². The summed E-state index contributed by atoms with van der Waals surface area (Å²) in [7, 11) is 0. The molecule has 4 nitrogen and oxygen atoms in total. The normalized spacial score (nSPS) is 10.6. The number of hydrogen-bond donors (Lipinski definition) is 1. The zero-order chi connectivity index (χ0) is 17.1. The van der Waals surface area contributed by atoms with Crippen molar-refractivity contribution in [2.75, 3.05) is 11.9 Å². The van der Waals surface area contributed by atoms with Gasteiger partial charge >= 0.3 is 5.97 Å². The van der Waals surface area contributed by atoms with Gasteiger partial charge in [-0.3, -0.25) is 0 Å². The van der Waals surface area contributed by atoms with Gasteiger partial charge in [-0.2, -0.15) is 0 Å². The van der Waals surface area contributed by atoms with Gasteiger partial charge in [-0.1, -0.05) is 30.3 Å². The molecule has 0 aliphatic heterocycles. The van der Waals surface area contributed by atoms with Crippen LogP contribution in [0.25, 0.3) is 11.3 Å². The lowest BCUT2D eigenvalue weighted by Gasteiger charge is -2.05. The molecule has 6 heteroatoms. The average molecular weight is 358 g/mol. The molecule has 0 amide bonds. The van der Waals surface area contributed by atoms with Crippen molar-refractivity contribution in [3.63, 3.8) is 0 Å². The molecule has 0 spiro atoms. The molecule has 0 bridgehead atoms. The number of anilines is 2. The number of nitrogens with one attached hydrogen (secondary N) is 1. The maximum Gasteiger partial charge on any atom is 0.341 e. The van der Waals surface area contributed by atoms with Gasteiger partial charge in [0.25, 0.3) is 0 Å². The van der Waals surface area contributed by atoms with Crippen LogP contribution in [0.1, 0.15) is 27.7 Å². The summed E-state index contributed by atoms with van der Waals surface area (Å²) in [6.45, 7) is 6.13. The number of hydrogen-bond acceptors (Lipinski definition) is 6. The first-order chi connectivity index (χ1) is 11.6. The van der Waals surface area contributed by atoms with E-state index in [-0.39, 0.29) is 5.97 Å². The quantitative estimate of drug-likeness (QED) is 0.620. The van der Waals surface area contributed by atoms with Crippen LogP contribution in [0.15, 0.2) is 35.7 Å². The minimum atomic E-state index is -0.290. The second kappa shape index (κ2) is 7.15. The summed E-state index contributed by atoms with van der Waals surface area (Å²) in [6, 6.07) is 10.0. The third-order valence-corrected chi connectivity index (χ3v) is 5.54. The molecule has 0 atom stereocenters. The Labute approximate surface area is 149 Å². The predicted octanol–water partition coefficient (Wildman–Crippen LogP) is 5.41. The Morgan fingerprint density at radius 2 is 2.00 bits per heavy atom. The zero-order valence-corrected chi connectivity index (χ0v) is 15.4. The van der Waals surface area contributed by atoms with E-state index in [9.17, 15) is 4.79 Å². The summed E-state index contributed by atoms with van der Waals surface area (Å²) >= 11 is 3.07. The molecule has 2 heterocycles. The Balaban J connectivity index is 1.88. The Hall–Kier alpha value is -2.18. The third kappa shape index (κ3) is 3.34. The highest BCUT2D eigenvalue weighted by atomic mass is 32.1. The molecule has 1 N–H and O–H groups in total. The lowest BCUT2D eigenvalue weighted by molar-refractivity contribution is 0.0527. The number of carbonyl (C=O) groups is 1. The lowest BCUT2D eigenvalue weighted by Crippen LogP contribution is -2.07. The highest BCUT2D eigenvalue weighted by Crippen LogP contribution is 2.36. The van der Waals surface area contributed by atoms with Gasteiger partial charge in [0.05, 0.1) is 17.9 Å². The van der Waals surface area contributed by atoms with Crippen molar-refractivity contribution in [3.8, 4) is 11.3 Å². The minimum absolute atomic E-state index is 0.290. The molecule has 3 aromatic rings.